The van der Waals surface area contributed by atoms with Crippen molar-refractivity contribution in [2.45, 2.75) is 6.92 Å². The maximum absolute atomic E-state index is 12.0. The van der Waals surface area contributed by atoms with Crippen LogP contribution in [0.4, 0.5) is 11.4 Å². The van der Waals surface area contributed by atoms with Crippen LogP contribution in [0.1, 0.15) is 15.9 Å². The SMILES string of the molecule is Cc1cccc(NC(=O)c2ccc(N)cc2)c1Br. The molecule has 2 aromatic carbocycles. The van der Waals surface area contributed by atoms with Crippen LogP contribution in [-0.4, -0.2) is 5.91 Å². The summed E-state index contributed by atoms with van der Waals surface area (Å²) in [7, 11) is 0. The van der Waals surface area contributed by atoms with E-state index in [0.717, 1.165) is 15.7 Å². The van der Waals surface area contributed by atoms with Crippen LogP contribution in [0.5, 0.6) is 0 Å². The highest BCUT2D eigenvalue weighted by Crippen LogP contribution is 2.26. The third kappa shape index (κ3) is 2.71. The van der Waals surface area contributed by atoms with Gasteiger partial charge in [-0.3, -0.25) is 4.79 Å². The summed E-state index contributed by atoms with van der Waals surface area (Å²) in [6, 6.07) is 12.6. The van der Waals surface area contributed by atoms with Gasteiger partial charge < -0.3 is 11.1 Å². The van der Waals surface area contributed by atoms with E-state index in [1.165, 1.54) is 0 Å². The molecule has 92 valence electrons. The number of anilines is 2. The molecule has 0 aliphatic heterocycles. The Morgan fingerprint density at radius 2 is 1.83 bits per heavy atom. The molecular formula is C14H13BrN2O. The fourth-order valence-electron chi connectivity index (χ4n) is 1.57. The minimum absolute atomic E-state index is 0.152. The Morgan fingerprint density at radius 3 is 2.50 bits per heavy atom. The van der Waals surface area contributed by atoms with Gasteiger partial charge in [0.05, 0.1) is 5.69 Å². The largest absolute Gasteiger partial charge is 0.399 e. The van der Waals surface area contributed by atoms with Crippen LogP contribution < -0.4 is 11.1 Å². The van der Waals surface area contributed by atoms with Crippen LogP contribution in [0.25, 0.3) is 0 Å². The van der Waals surface area contributed by atoms with Gasteiger partial charge >= 0.3 is 0 Å². The molecule has 0 saturated carbocycles. The number of amides is 1. The highest BCUT2D eigenvalue weighted by atomic mass is 79.9. The third-order valence-electron chi connectivity index (χ3n) is 2.61. The average Bonchev–Trinajstić information content (AvgIpc) is 2.36. The van der Waals surface area contributed by atoms with E-state index in [9.17, 15) is 4.79 Å². The van der Waals surface area contributed by atoms with Crippen LogP contribution >= 0.6 is 15.9 Å². The summed E-state index contributed by atoms with van der Waals surface area (Å²) in [4.78, 5) is 12.0. The minimum Gasteiger partial charge on any atom is -0.399 e. The van der Waals surface area contributed by atoms with Crippen molar-refractivity contribution in [1.82, 2.24) is 0 Å². The molecule has 3 nitrogen and oxygen atoms in total. The molecule has 0 unspecified atom stereocenters. The topological polar surface area (TPSA) is 55.1 Å². The lowest BCUT2D eigenvalue weighted by Crippen LogP contribution is -2.12. The van der Waals surface area contributed by atoms with Gasteiger partial charge in [-0.05, 0) is 58.7 Å². The smallest absolute Gasteiger partial charge is 0.255 e. The quantitative estimate of drug-likeness (QED) is 0.833. The first-order valence-electron chi connectivity index (χ1n) is 5.50. The van der Waals surface area contributed by atoms with Crippen molar-refractivity contribution in [3.8, 4) is 0 Å². The number of hydrogen-bond acceptors (Lipinski definition) is 2. The standard InChI is InChI=1S/C14H13BrN2O/c1-9-3-2-4-12(13(9)15)17-14(18)10-5-7-11(16)8-6-10/h2-8H,16H2,1H3,(H,17,18). The summed E-state index contributed by atoms with van der Waals surface area (Å²) in [6.45, 7) is 1.98. The first kappa shape index (κ1) is 12.6. The lowest BCUT2D eigenvalue weighted by Gasteiger charge is -2.09. The predicted molar refractivity (Wildman–Crippen MR) is 77.7 cm³/mol. The minimum atomic E-state index is -0.152. The highest BCUT2D eigenvalue weighted by molar-refractivity contribution is 9.10. The summed E-state index contributed by atoms with van der Waals surface area (Å²) in [5.74, 6) is -0.152. The number of benzene rings is 2. The predicted octanol–water partition coefficient (Wildman–Crippen LogP) is 3.59. The second-order valence-corrected chi connectivity index (χ2v) is 4.81. The molecule has 0 aliphatic carbocycles. The Labute approximate surface area is 114 Å². The van der Waals surface area contributed by atoms with Gasteiger partial charge in [0.1, 0.15) is 0 Å². The molecule has 0 heterocycles. The van der Waals surface area contributed by atoms with Crippen molar-refractivity contribution < 1.29 is 4.79 Å². The molecule has 0 atom stereocenters. The number of carbonyl (C=O) groups excluding carboxylic acids is 1. The van der Waals surface area contributed by atoms with Crippen molar-refractivity contribution in [2.24, 2.45) is 0 Å². The van der Waals surface area contributed by atoms with Crippen molar-refractivity contribution in [3.05, 3.63) is 58.1 Å². The molecule has 2 aromatic rings. The highest BCUT2D eigenvalue weighted by Gasteiger charge is 2.08. The van der Waals surface area contributed by atoms with Crippen LogP contribution in [0.15, 0.2) is 46.9 Å². The Bertz CT molecular complexity index is 579. The van der Waals surface area contributed by atoms with Gasteiger partial charge in [0.15, 0.2) is 0 Å². The van der Waals surface area contributed by atoms with Gasteiger partial charge in [-0.1, -0.05) is 12.1 Å². The number of aryl methyl sites for hydroxylation is 1. The molecule has 18 heavy (non-hydrogen) atoms. The van der Waals surface area contributed by atoms with E-state index in [1.807, 2.05) is 25.1 Å². The Hall–Kier alpha value is -1.81. The molecule has 1 amide bonds. The molecule has 0 fully saturated rings. The molecule has 4 heteroatoms. The zero-order valence-corrected chi connectivity index (χ0v) is 11.5. The number of carbonyl (C=O) groups is 1. The molecule has 2 rings (SSSR count). The van der Waals surface area contributed by atoms with Crippen molar-refractivity contribution in [3.63, 3.8) is 0 Å². The molecule has 0 bridgehead atoms. The molecule has 0 aromatic heterocycles. The molecule has 0 aliphatic rings. The van der Waals surface area contributed by atoms with Crippen molar-refractivity contribution >= 4 is 33.2 Å². The molecular weight excluding hydrogens is 292 g/mol. The Balaban J connectivity index is 2.21. The van der Waals surface area contributed by atoms with Gasteiger partial charge in [0.25, 0.3) is 5.91 Å². The first-order valence-corrected chi connectivity index (χ1v) is 6.29. The Morgan fingerprint density at radius 1 is 1.17 bits per heavy atom. The number of halogens is 1. The summed E-state index contributed by atoms with van der Waals surface area (Å²) in [6.07, 6.45) is 0. The lowest BCUT2D eigenvalue weighted by molar-refractivity contribution is 0.102. The van der Waals surface area contributed by atoms with E-state index in [4.69, 9.17) is 5.73 Å². The van der Waals surface area contributed by atoms with Crippen LogP contribution in [-0.2, 0) is 0 Å². The molecule has 0 radical (unpaired) electrons. The van der Waals surface area contributed by atoms with Crippen LogP contribution in [0.3, 0.4) is 0 Å². The summed E-state index contributed by atoms with van der Waals surface area (Å²) in [5.41, 5.74) is 8.64. The van der Waals surface area contributed by atoms with E-state index >= 15 is 0 Å². The summed E-state index contributed by atoms with van der Waals surface area (Å²) in [5, 5.41) is 2.86. The summed E-state index contributed by atoms with van der Waals surface area (Å²) >= 11 is 3.46. The fraction of sp³-hybridized carbons (Fsp3) is 0.0714. The van der Waals surface area contributed by atoms with Crippen LogP contribution in [0.2, 0.25) is 0 Å². The third-order valence-corrected chi connectivity index (χ3v) is 3.67. The van der Waals surface area contributed by atoms with E-state index < -0.39 is 0 Å². The molecule has 3 N–H and O–H groups in total. The Kier molecular flexibility index (Phi) is 3.67. The average molecular weight is 305 g/mol. The van der Waals surface area contributed by atoms with E-state index in [1.54, 1.807) is 24.3 Å². The summed E-state index contributed by atoms with van der Waals surface area (Å²) < 4.78 is 0.897. The van der Waals surface area contributed by atoms with Gasteiger partial charge in [-0.25, -0.2) is 0 Å². The number of hydrogen-bond donors (Lipinski definition) is 2. The lowest BCUT2D eigenvalue weighted by atomic mass is 10.2. The zero-order valence-electron chi connectivity index (χ0n) is 9.91. The van der Waals surface area contributed by atoms with Crippen LogP contribution in [0, 0.1) is 6.92 Å². The molecule has 0 saturated heterocycles. The molecule has 0 spiro atoms. The van der Waals surface area contributed by atoms with Gasteiger partial charge in [0, 0.05) is 15.7 Å². The normalized spacial score (nSPS) is 10.1. The van der Waals surface area contributed by atoms with Crippen molar-refractivity contribution in [2.75, 3.05) is 11.1 Å². The van der Waals surface area contributed by atoms with E-state index in [2.05, 4.69) is 21.2 Å². The van der Waals surface area contributed by atoms with Gasteiger partial charge in [0.2, 0.25) is 0 Å². The van der Waals surface area contributed by atoms with Gasteiger partial charge in [-0.15, -0.1) is 0 Å². The number of nitrogen functional groups attached to an aromatic ring is 1. The van der Waals surface area contributed by atoms with E-state index in [-0.39, 0.29) is 5.91 Å². The fourth-order valence-corrected chi connectivity index (χ4v) is 1.94. The number of nitrogens with one attached hydrogen (secondary N) is 1. The van der Waals surface area contributed by atoms with Gasteiger partial charge in [-0.2, -0.15) is 0 Å². The maximum atomic E-state index is 12.0. The zero-order chi connectivity index (χ0) is 13.1. The monoisotopic (exact) mass is 304 g/mol. The first-order chi connectivity index (χ1) is 8.58. The van der Waals surface area contributed by atoms with Crippen molar-refractivity contribution in [1.29, 1.82) is 0 Å². The maximum Gasteiger partial charge on any atom is 0.255 e. The number of nitrogens with two attached hydrogens (primary N) is 1. The number of rotatable bonds is 2. The second kappa shape index (κ2) is 5.23. The van der Waals surface area contributed by atoms with E-state index in [0.29, 0.717) is 11.3 Å². The second-order valence-electron chi connectivity index (χ2n) is 4.01.